The molecule has 1 amide bonds. The van der Waals surface area contributed by atoms with Crippen molar-refractivity contribution < 1.29 is 13.6 Å². The number of nitrogens with zero attached hydrogens (tertiary/aromatic N) is 4. The van der Waals surface area contributed by atoms with Crippen LogP contribution in [0.1, 0.15) is 28.4 Å². The maximum absolute atomic E-state index is 12.7. The van der Waals surface area contributed by atoms with Crippen molar-refractivity contribution in [2.75, 3.05) is 6.54 Å². The topological polar surface area (TPSA) is 66.8 Å². The number of carbonyl (C=O) groups is 1. The maximum atomic E-state index is 12.7. The van der Waals surface area contributed by atoms with E-state index >= 15 is 0 Å². The number of fused-ring (bicyclic) bond motifs is 1. The van der Waals surface area contributed by atoms with Crippen LogP contribution in [0.5, 0.6) is 0 Å². The van der Waals surface area contributed by atoms with Crippen LogP contribution in [0.4, 0.5) is 8.78 Å². The number of alkyl halides is 2. The molecule has 1 aliphatic heterocycles. The Balaban J connectivity index is 1.84. The van der Waals surface area contributed by atoms with E-state index in [-0.39, 0.29) is 5.69 Å². The molecule has 19 heavy (non-hydrogen) atoms. The van der Waals surface area contributed by atoms with E-state index in [0.29, 0.717) is 24.2 Å². The van der Waals surface area contributed by atoms with Gasteiger partial charge in [0.15, 0.2) is 0 Å². The van der Waals surface area contributed by atoms with Crippen molar-refractivity contribution >= 4 is 5.91 Å². The Morgan fingerprint density at radius 1 is 1.47 bits per heavy atom. The molecule has 3 heterocycles. The molecule has 0 unspecified atom stereocenters. The number of aromatic nitrogens is 4. The van der Waals surface area contributed by atoms with Crippen molar-refractivity contribution in [3.05, 3.63) is 35.7 Å². The predicted molar refractivity (Wildman–Crippen MR) is 60.5 cm³/mol. The largest absolute Gasteiger partial charge is 0.347 e. The Morgan fingerprint density at radius 2 is 2.32 bits per heavy atom. The number of H-pyrrole nitrogens is 1. The number of hydrogen-bond donors (Lipinski definition) is 1. The molecule has 6 nitrogen and oxygen atoms in total. The lowest BCUT2D eigenvalue weighted by atomic mass is 10.1. The molecule has 0 saturated heterocycles. The van der Waals surface area contributed by atoms with Crippen LogP contribution in [0.3, 0.4) is 0 Å². The minimum absolute atomic E-state index is 0.0991. The highest BCUT2D eigenvalue weighted by Crippen LogP contribution is 2.19. The molecule has 2 aromatic heterocycles. The summed E-state index contributed by atoms with van der Waals surface area (Å²) < 4.78 is 25.8. The molecule has 1 N–H and O–H groups in total. The molecule has 8 heteroatoms. The number of amides is 1. The highest BCUT2D eigenvalue weighted by molar-refractivity contribution is 5.92. The summed E-state index contributed by atoms with van der Waals surface area (Å²) in [7, 11) is 0. The molecule has 1 aliphatic rings. The quantitative estimate of drug-likeness (QED) is 0.889. The van der Waals surface area contributed by atoms with E-state index in [0.717, 1.165) is 11.4 Å². The standard InChI is InChI=1S/C11H11F2N5O/c12-11(13)18-9(1-3-16-18)10(19)17-4-2-7-8(5-17)15-6-14-7/h1,3,6,11H,2,4-5H2,(H,14,15). The maximum Gasteiger partial charge on any atom is 0.333 e. The predicted octanol–water partition coefficient (Wildman–Crippen LogP) is 1.20. The number of hydrogen-bond acceptors (Lipinski definition) is 3. The second-order valence-corrected chi connectivity index (χ2v) is 4.24. The third-order valence-corrected chi connectivity index (χ3v) is 3.14. The number of aromatic amines is 1. The zero-order valence-electron chi connectivity index (χ0n) is 9.88. The van der Waals surface area contributed by atoms with Crippen molar-refractivity contribution in [1.82, 2.24) is 24.6 Å². The molecule has 0 saturated carbocycles. The highest BCUT2D eigenvalue weighted by Gasteiger charge is 2.27. The lowest BCUT2D eigenvalue weighted by Crippen LogP contribution is -2.37. The van der Waals surface area contributed by atoms with Crippen molar-refractivity contribution in [3.8, 4) is 0 Å². The second-order valence-electron chi connectivity index (χ2n) is 4.24. The molecule has 100 valence electrons. The lowest BCUT2D eigenvalue weighted by Gasteiger charge is -2.26. The van der Waals surface area contributed by atoms with Crippen molar-refractivity contribution in [1.29, 1.82) is 0 Å². The fourth-order valence-electron chi connectivity index (χ4n) is 2.19. The molecule has 0 spiro atoms. The van der Waals surface area contributed by atoms with Gasteiger partial charge in [0.2, 0.25) is 0 Å². The van der Waals surface area contributed by atoms with Crippen LogP contribution in [-0.2, 0) is 13.0 Å². The summed E-state index contributed by atoms with van der Waals surface area (Å²) in [5, 5.41) is 3.46. The zero-order valence-corrected chi connectivity index (χ0v) is 9.88. The van der Waals surface area contributed by atoms with Gasteiger partial charge < -0.3 is 9.88 Å². The van der Waals surface area contributed by atoms with E-state index in [9.17, 15) is 13.6 Å². The van der Waals surface area contributed by atoms with Crippen molar-refractivity contribution in [2.45, 2.75) is 19.5 Å². The van der Waals surface area contributed by atoms with Gasteiger partial charge in [-0.3, -0.25) is 4.79 Å². The van der Waals surface area contributed by atoms with Crippen LogP contribution in [0.15, 0.2) is 18.6 Å². The van der Waals surface area contributed by atoms with Gasteiger partial charge in [-0.1, -0.05) is 0 Å². The first-order valence-corrected chi connectivity index (χ1v) is 5.79. The van der Waals surface area contributed by atoms with E-state index in [4.69, 9.17) is 0 Å². The van der Waals surface area contributed by atoms with Gasteiger partial charge in [-0.05, 0) is 6.07 Å². The highest BCUT2D eigenvalue weighted by atomic mass is 19.3. The molecular formula is C11H11F2N5O. The average Bonchev–Trinajstić information content (AvgIpc) is 3.05. The Labute approximate surface area is 107 Å². The smallest absolute Gasteiger partial charge is 0.333 e. The average molecular weight is 267 g/mol. The third-order valence-electron chi connectivity index (χ3n) is 3.14. The Bertz CT molecular complexity index is 606. The van der Waals surface area contributed by atoms with E-state index in [1.165, 1.54) is 17.2 Å². The fraction of sp³-hybridized carbons (Fsp3) is 0.364. The SMILES string of the molecule is O=C(c1ccnn1C(F)F)N1CCc2nc[nH]c2C1. The molecule has 3 rings (SSSR count). The monoisotopic (exact) mass is 267 g/mol. The molecule has 2 aromatic rings. The van der Waals surface area contributed by atoms with Crippen LogP contribution < -0.4 is 0 Å². The van der Waals surface area contributed by atoms with E-state index in [2.05, 4.69) is 15.1 Å². The number of rotatable bonds is 2. The molecule has 0 fully saturated rings. The first-order valence-electron chi connectivity index (χ1n) is 5.79. The van der Waals surface area contributed by atoms with Gasteiger partial charge in [0.05, 0.1) is 24.3 Å². The summed E-state index contributed by atoms with van der Waals surface area (Å²) in [4.78, 5) is 20.8. The van der Waals surface area contributed by atoms with Crippen molar-refractivity contribution in [2.24, 2.45) is 0 Å². The molecular weight excluding hydrogens is 256 g/mol. The van der Waals surface area contributed by atoms with Gasteiger partial charge in [-0.25, -0.2) is 4.98 Å². The van der Waals surface area contributed by atoms with Crippen LogP contribution in [0.2, 0.25) is 0 Å². The summed E-state index contributed by atoms with van der Waals surface area (Å²) in [6, 6.07) is 1.30. The van der Waals surface area contributed by atoms with E-state index < -0.39 is 12.5 Å². The van der Waals surface area contributed by atoms with Crippen LogP contribution >= 0.6 is 0 Å². The normalized spacial score (nSPS) is 14.8. The van der Waals surface area contributed by atoms with Gasteiger partial charge >= 0.3 is 6.55 Å². The summed E-state index contributed by atoms with van der Waals surface area (Å²) in [5.41, 5.74) is 1.67. The minimum Gasteiger partial charge on any atom is -0.347 e. The summed E-state index contributed by atoms with van der Waals surface area (Å²) in [5.74, 6) is -0.446. The number of imidazole rings is 1. The van der Waals surface area contributed by atoms with Crippen LogP contribution in [0.25, 0.3) is 0 Å². The fourth-order valence-corrected chi connectivity index (χ4v) is 2.19. The third kappa shape index (κ3) is 1.98. The Morgan fingerprint density at radius 3 is 3.11 bits per heavy atom. The molecule has 0 bridgehead atoms. The van der Waals surface area contributed by atoms with Gasteiger partial charge in [0, 0.05) is 19.2 Å². The van der Waals surface area contributed by atoms with Gasteiger partial charge in [-0.15, -0.1) is 0 Å². The van der Waals surface area contributed by atoms with Gasteiger partial charge in [0.25, 0.3) is 5.91 Å². The molecule has 0 radical (unpaired) electrons. The zero-order chi connectivity index (χ0) is 13.4. The van der Waals surface area contributed by atoms with Crippen LogP contribution in [0, 0.1) is 0 Å². The van der Waals surface area contributed by atoms with Crippen LogP contribution in [-0.4, -0.2) is 37.1 Å². The summed E-state index contributed by atoms with van der Waals surface area (Å²) >= 11 is 0. The molecule has 0 atom stereocenters. The first-order chi connectivity index (χ1) is 9.16. The first kappa shape index (κ1) is 11.8. The van der Waals surface area contributed by atoms with E-state index in [1.54, 1.807) is 6.33 Å². The molecule has 0 aliphatic carbocycles. The van der Waals surface area contributed by atoms with Gasteiger partial charge in [0.1, 0.15) is 5.69 Å². The van der Waals surface area contributed by atoms with E-state index in [1.807, 2.05) is 0 Å². The number of nitrogens with one attached hydrogen (secondary N) is 1. The molecule has 0 aromatic carbocycles. The van der Waals surface area contributed by atoms with Crippen molar-refractivity contribution in [3.63, 3.8) is 0 Å². The summed E-state index contributed by atoms with van der Waals surface area (Å²) in [6.07, 6.45) is 3.39. The van der Waals surface area contributed by atoms with Gasteiger partial charge in [-0.2, -0.15) is 18.6 Å². The minimum atomic E-state index is -2.82. The Hall–Kier alpha value is -2.25. The number of halogens is 2. The number of carbonyl (C=O) groups excluding carboxylic acids is 1. The Kier molecular flexibility index (Phi) is 2.77. The second kappa shape index (κ2) is 4.45. The lowest BCUT2D eigenvalue weighted by molar-refractivity contribution is 0.0457. The summed E-state index contributed by atoms with van der Waals surface area (Å²) in [6.45, 7) is -2.00.